The Labute approximate surface area is 105 Å². The van der Waals surface area contributed by atoms with Gasteiger partial charge in [0.05, 0.1) is 16.9 Å². The van der Waals surface area contributed by atoms with Crippen molar-refractivity contribution in [2.75, 3.05) is 17.7 Å². The number of anilines is 2. The molecule has 1 amide bonds. The van der Waals surface area contributed by atoms with Crippen molar-refractivity contribution in [3.63, 3.8) is 0 Å². The summed E-state index contributed by atoms with van der Waals surface area (Å²) in [6, 6.07) is 3.48. The molecule has 0 aliphatic heterocycles. The minimum atomic E-state index is -0.193. The first-order valence-corrected chi connectivity index (χ1v) is 5.55. The van der Waals surface area contributed by atoms with Crippen LogP contribution in [-0.2, 0) is 7.05 Å². The fourth-order valence-corrected chi connectivity index (χ4v) is 1.59. The van der Waals surface area contributed by atoms with Gasteiger partial charge in [-0.05, 0) is 19.1 Å². The first kappa shape index (κ1) is 12.1. The maximum absolute atomic E-state index is 12.0. The van der Waals surface area contributed by atoms with Crippen LogP contribution < -0.4 is 10.6 Å². The van der Waals surface area contributed by atoms with E-state index in [1.54, 1.807) is 30.1 Å². The van der Waals surface area contributed by atoms with Crippen molar-refractivity contribution >= 4 is 17.4 Å². The molecule has 0 spiro atoms. The number of pyridine rings is 1. The van der Waals surface area contributed by atoms with Crippen LogP contribution in [-0.4, -0.2) is 27.7 Å². The zero-order valence-corrected chi connectivity index (χ0v) is 10.6. The molecule has 2 rings (SSSR count). The molecule has 0 saturated carbocycles. The topological polar surface area (TPSA) is 71.8 Å². The van der Waals surface area contributed by atoms with E-state index in [0.717, 1.165) is 11.5 Å². The second kappa shape index (κ2) is 4.87. The highest BCUT2D eigenvalue weighted by atomic mass is 16.1. The molecule has 2 aromatic rings. The predicted octanol–water partition coefficient (Wildman–Crippen LogP) is 1.42. The molecular weight excluding hydrogens is 230 g/mol. The Morgan fingerprint density at radius 2 is 2.17 bits per heavy atom. The summed E-state index contributed by atoms with van der Waals surface area (Å²) in [6.07, 6.45) is 3.30. The summed E-state index contributed by atoms with van der Waals surface area (Å²) in [7, 11) is 3.59. The van der Waals surface area contributed by atoms with Crippen molar-refractivity contribution < 1.29 is 4.79 Å². The molecule has 2 aromatic heterocycles. The van der Waals surface area contributed by atoms with Gasteiger partial charge in [-0.3, -0.25) is 9.48 Å². The summed E-state index contributed by atoms with van der Waals surface area (Å²) >= 11 is 0. The Morgan fingerprint density at radius 3 is 2.67 bits per heavy atom. The highest BCUT2D eigenvalue weighted by Gasteiger charge is 2.10. The molecule has 0 aliphatic rings. The molecule has 18 heavy (non-hydrogen) atoms. The lowest BCUT2D eigenvalue weighted by Gasteiger charge is -2.04. The van der Waals surface area contributed by atoms with Gasteiger partial charge in [-0.2, -0.15) is 5.10 Å². The number of rotatable bonds is 3. The molecule has 0 unspecified atom stereocenters. The van der Waals surface area contributed by atoms with Gasteiger partial charge in [0.15, 0.2) is 0 Å². The van der Waals surface area contributed by atoms with E-state index in [9.17, 15) is 4.79 Å². The molecule has 0 atom stereocenters. The average molecular weight is 245 g/mol. The molecule has 6 nitrogen and oxygen atoms in total. The van der Waals surface area contributed by atoms with E-state index in [4.69, 9.17) is 0 Å². The van der Waals surface area contributed by atoms with E-state index >= 15 is 0 Å². The van der Waals surface area contributed by atoms with Crippen LogP contribution >= 0.6 is 0 Å². The molecule has 6 heteroatoms. The molecule has 0 fully saturated rings. The average Bonchev–Trinajstić information content (AvgIpc) is 2.68. The van der Waals surface area contributed by atoms with Crippen LogP contribution in [0.1, 0.15) is 16.1 Å². The van der Waals surface area contributed by atoms with E-state index in [1.165, 1.54) is 6.20 Å². The Morgan fingerprint density at radius 1 is 1.39 bits per heavy atom. The van der Waals surface area contributed by atoms with Crippen molar-refractivity contribution in [3.8, 4) is 0 Å². The van der Waals surface area contributed by atoms with Crippen LogP contribution in [0.25, 0.3) is 0 Å². The summed E-state index contributed by atoms with van der Waals surface area (Å²) in [5.74, 6) is 0.533. The second-order valence-electron chi connectivity index (χ2n) is 3.94. The second-order valence-corrected chi connectivity index (χ2v) is 3.94. The van der Waals surface area contributed by atoms with Crippen molar-refractivity contribution in [2.45, 2.75) is 6.92 Å². The maximum atomic E-state index is 12.0. The highest BCUT2D eigenvalue weighted by molar-refractivity contribution is 6.04. The quantitative estimate of drug-likeness (QED) is 0.857. The Hall–Kier alpha value is -2.37. The minimum absolute atomic E-state index is 0.193. The number of carbonyl (C=O) groups excluding carboxylic acids is 1. The normalized spacial score (nSPS) is 10.2. The lowest BCUT2D eigenvalue weighted by atomic mass is 10.2. The van der Waals surface area contributed by atoms with Crippen LogP contribution in [0, 0.1) is 6.92 Å². The van der Waals surface area contributed by atoms with Crippen molar-refractivity contribution in [1.82, 2.24) is 14.8 Å². The van der Waals surface area contributed by atoms with E-state index < -0.39 is 0 Å². The van der Waals surface area contributed by atoms with Crippen LogP contribution in [0.2, 0.25) is 0 Å². The third kappa shape index (κ3) is 2.48. The van der Waals surface area contributed by atoms with Gasteiger partial charge in [-0.15, -0.1) is 0 Å². The lowest BCUT2D eigenvalue weighted by Crippen LogP contribution is -2.12. The number of amides is 1. The number of carbonyl (C=O) groups is 1. The molecular formula is C12H15N5O. The number of nitrogens with zero attached hydrogens (tertiary/aromatic N) is 3. The number of nitrogens with one attached hydrogen (secondary N) is 2. The van der Waals surface area contributed by atoms with E-state index in [2.05, 4.69) is 20.7 Å². The Kier molecular flexibility index (Phi) is 3.27. The maximum Gasteiger partial charge on any atom is 0.257 e. The number of aromatic nitrogens is 3. The first-order chi connectivity index (χ1) is 8.60. The predicted molar refractivity (Wildman–Crippen MR) is 69.7 cm³/mol. The van der Waals surface area contributed by atoms with Gasteiger partial charge in [-0.25, -0.2) is 4.98 Å². The summed E-state index contributed by atoms with van der Waals surface area (Å²) in [5.41, 5.74) is 2.00. The fraction of sp³-hybridized carbons (Fsp3) is 0.250. The minimum Gasteiger partial charge on any atom is -0.373 e. The zero-order valence-electron chi connectivity index (χ0n) is 10.6. The number of aryl methyl sites for hydroxylation is 2. The molecule has 0 radical (unpaired) electrons. The van der Waals surface area contributed by atoms with Crippen molar-refractivity contribution in [1.29, 1.82) is 0 Å². The van der Waals surface area contributed by atoms with Crippen molar-refractivity contribution in [2.24, 2.45) is 7.05 Å². The summed E-state index contributed by atoms with van der Waals surface area (Å²) in [5, 5.41) is 9.86. The Bertz CT molecular complexity index is 558. The van der Waals surface area contributed by atoms with Crippen LogP contribution in [0.3, 0.4) is 0 Å². The third-order valence-electron chi connectivity index (χ3n) is 2.54. The SMILES string of the molecule is CNc1ccc(C(=O)Nc2cn(C)nc2C)cn1. The molecule has 0 bridgehead atoms. The summed E-state index contributed by atoms with van der Waals surface area (Å²) in [6.45, 7) is 1.85. The number of hydrogen-bond acceptors (Lipinski definition) is 4. The van der Waals surface area contributed by atoms with Crippen LogP contribution in [0.15, 0.2) is 24.5 Å². The summed E-state index contributed by atoms with van der Waals surface area (Å²) in [4.78, 5) is 16.1. The van der Waals surface area contributed by atoms with Crippen LogP contribution in [0.4, 0.5) is 11.5 Å². The van der Waals surface area contributed by atoms with E-state index in [1.807, 2.05) is 14.0 Å². The largest absolute Gasteiger partial charge is 0.373 e. The van der Waals surface area contributed by atoms with E-state index in [-0.39, 0.29) is 5.91 Å². The molecule has 0 aromatic carbocycles. The van der Waals surface area contributed by atoms with Gasteiger partial charge in [0.25, 0.3) is 5.91 Å². The van der Waals surface area contributed by atoms with Gasteiger partial charge >= 0.3 is 0 Å². The first-order valence-electron chi connectivity index (χ1n) is 5.55. The van der Waals surface area contributed by atoms with Gasteiger partial charge < -0.3 is 10.6 Å². The van der Waals surface area contributed by atoms with Gasteiger partial charge in [0, 0.05) is 26.5 Å². The number of hydrogen-bond donors (Lipinski definition) is 2. The molecule has 0 aliphatic carbocycles. The standard InChI is InChI=1S/C12H15N5O/c1-8-10(7-17(3)16-8)15-12(18)9-4-5-11(13-2)14-6-9/h4-7H,1-3H3,(H,13,14)(H,15,18). The summed E-state index contributed by atoms with van der Waals surface area (Å²) < 4.78 is 1.66. The fourth-order valence-electron chi connectivity index (χ4n) is 1.59. The molecule has 2 N–H and O–H groups in total. The highest BCUT2D eigenvalue weighted by Crippen LogP contribution is 2.13. The monoisotopic (exact) mass is 245 g/mol. The molecule has 94 valence electrons. The van der Waals surface area contributed by atoms with Gasteiger partial charge in [0.2, 0.25) is 0 Å². The Balaban J connectivity index is 2.14. The lowest BCUT2D eigenvalue weighted by molar-refractivity contribution is 0.102. The van der Waals surface area contributed by atoms with Gasteiger partial charge in [-0.1, -0.05) is 0 Å². The smallest absolute Gasteiger partial charge is 0.257 e. The van der Waals surface area contributed by atoms with Crippen molar-refractivity contribution in [3.05, 3.63) is 35.8 Å². The van der Waals surface area contributed by atoms with E-state index in [0.29, 0.717) is 11.3 Å². The molecule has 2 heterocycles. The zero-order chi connectivity index (χ0) is 13.1. The van der Waals surface area contributed by atoms with Gasteiger partial charge in [0.1, 0.15) is 5.82 Å². The third-order valence-corrected chi connectivity index (χ3v) is 2.54. The molecule has 0 saturated heterocycles. The van der Waals surface area contributed by atoms with Crippen LogP contribution in [0.5, 0.6) is 0 Å².